The number of carbonyl (C=O) groups is 1. The first kappa shape index (κ1) is 21.5. The van der Waals surface area contributed by atoms with Crippen molar-refractivity contribution in [2.45, 2.75) is 19.6 Å². The first-order valence-electron chi connectivity index (χ1n) is 9.51. The van der Waals surface area contributed by atoms with E-state index in [2.05, 4.69) is 15.2 Å². The van der Waals surface area contributed by atoms with Gasteiger partial charge in [-0.1, -0.05) is 0 Å². The minimum atomic E-state index is -4.75. The summed E-state index contributed by atoms with van der Waals surface area (Å²) in [4.78, 5) is 18.4. The minimum absolute atomic E-state index is 0.0111. The Hall–Kier alpha value is -3.76. The smallest absolute Gasteiger partial charge is 0.336 e. The van der Waals surface area contributed by atoms with Crippen LogP contribution in [-0.4, -0.2) is 42.2 Å². The van der Waals surface area contributed by atoms with Gasteiger partial charge < -0.3 is 4.90 Å². The van der Waals surface area contributed by atoms with Crippen molar-refractivity contribution in [3.05, 3.63) is 71.1 Å². The number of alkyl halides is 3. The van der Waals surface area contributed by atoms with Crippen LogP contribution in [0.1, 0.15) is 27.4 Å². The molecule has 0 atom stereocenters. The normalized spacial score (nSPS) is 11.8. The number of nitrogens with zero attached hydrogens (tertiary/aromatic N) is 6. The van der Waals surface area contributed by atoms with E-state index < -0.39 is 23.6 Å². The molecule has 32 heavy (non-hydrogen) atoms. The quantitative estimate of drug-likeness (QED) is 0.447. The van der Waals surface area contributed by atoms with Crippen molar-refractivity contribution in [1.29, 1.82) is 0 Å². The number of rotatable bonds is 4. The lowest BCUT2D eigenvalue weighted by Gasteiger charge is -2.15. The largest absolute Gasteiger partial charge is 0.433 e. The fourth-order valence-corrected chi connectivity index (χ4v) is 3.27. The molecule has 0 aliphatic rings. The molecule has 0 radical (unpaired) electrons. The first-order valence-corrected chi connectivity index (χ1v) is 9.51. The second-order valence-electron chi connectivity index (χ2n) is 7.37. The Bertz CT molecular complexity index is 1310. The van der Waals surface area contributed by atoms with E-state index in [4.69, 9.17) is 0 Å². The Balaban J connectivity index is 1.74. The van der Waals surface area contributed by atoms with Crippen LogP contribution in [0.25, 0.3) is 16.9 Å². The Kier molecular flexibility index (Phi) is 5.19. The third-order valence-electron chi connectivity index (χ3n) is 5.17. The highest BCUT2D eigenvalue weighted by Gasteiger charge is 2.36. The average Bonchev–Trinajstić information content (AvgIpc) is 3.30. The molecular formula is C21H18F4N6O. The molecule has 11 heteroatoms. The highest BCUT2D eigenvalue weighted by Crippen LogP contribution is 2.32. The van der Waals surface area contributed by atoms with Gasteiger partial charge >= 0.3 is 6.18 Å². The van der Waals surface area contributed by atoms with Crippen LogP contribution >= 0.6 is 0 Å². The zero-order valence-corrected chi connectivity index (χ0v) is 17.4. The lowest BCUT2D eigenvalue weighted by molar-refractivity contribution is -0.142. The van der Waals surface area contributed by atoms with E-state index in [1.165, 1.54) is 30.1 Å². The number of halogens is 4. The van der Waals surface area contributed by atoms with Crippen LogP contribution in [0.5, 0.6) is 0 Å². The van der Waals surface area contributed by atoms with Gasteiger partial charge in [-0.3, -0.25) is 9.48 Å². The summed E-state index contributed by atoms with van der Waals surface area (Å²) in [7, 11) is 3.30. The third-order valence-corrected chi connectivity index (χ3v) is 5.17. The van der Waals surface area contributed by atoms with E-state index in [0.29, 0.717) is 10.1 Å². The zero-order chi connectivity index (χ0) is 23.2. The molecule has 0 aliphatic carbocycles. The molecule has 4 rings (SSSR count). The number of fused-ring (bicyclic) bond motifs is 1. The molecule has 0 saturated carbocycles. The van der Waals surface area contributed by atoms with E-state index in [1.54, 1.807) is 17.9 Å². The van der Waals surface area contributed by atoms with Gasteiger partial charge in [0.2, 0.25) is 0 Å². The zero-order valence-electron chi connectivity index (χ0n) is 17.4. The molecular weight excluding hydrogens is 428 g/mol. The molecule has 0 saturated heterocycles. The number of benzene rings is 1. The number of hydrogen-bond acceptors (Lipinski definition) is 4. The van der Waals surface area contributed by atoms with Crippen LogP contribution in [0.3, 0.4) is 0 Å². The van der Waals surface area contributed by atoms with Gasteiger partial charge in [0.1, 0.15) is 5.82 Å². The summed E-state index contributed by atoms with van der Waals surface area (Å²) >= 11 is 0. The summed E-state index contributed by atoms with van der Waals surface area (Å²) in [6.07, 6.45) is -3.12. The van der Waals surface area contributed by atoms with Crippen molar-refractivity contribution in [3.8, 4) is 11.3 Å². The molecule has 3 aromatic heterocycles. The second kappa shape index (κ2) is 7.74. The Morgan fingerprint density at radius 3 is 2.44 bits per heavy atom. The Labute approximate surface area is 179 Å². The molecule has 0 aliphatic heterocycles. The van der Waals surface area contributed by atoms with Crippen LogP contribution in [0, 0.1) is 12.7 Å². The topological polar surface area (TPSA) is 68.3 Å². The summed E-state index contributed by atoms with van der Waals surface area (Å²) < 4.78 is 56.7. The van der Waals surface area contributed by atoms with Crippen LogP contribution in [-0.2, 0) is 19.8 Å². The predicted octanol–water partition coefficient (Wildman–Crippen LogP) is 3.87. The molecule has 0 fully saturated rings. The number of carbonyl (C=O) groups excluding carboxylic acids is 1. The van der Waals surface area contributed by atoms with Crippen molar-refractivity contribution in [2.75, 3.05) is 7.05 Å². The lowest BCUT2D eigenvalue weighted by atomic mass is 10.1. The first-order chi connectivity index (χ1) is 15.0. The maximum absolute atomic E-state index is 13.7. The van der Waals surface area contributed by atoms with Gasteiger partial charge in [0, 0.05) is 43.5 Å². The summed E-state index contributed by atoms with van der Waals surface area (Å²) in [6.45, 7) is 2.06. The summed E-state index contributed by atoms with van der Waals surface area (Å²) in [5.74, 6) is -1.08. The molecule has 0 unspecified atom stereocenters. The standard InChI is InChI=1S/C21H18F4N6O/c1-12-14(10-26-30(12)3)11-29(2)20(32)17-9-19-27-16(13-4-6-15(22)7-5-13)8-18(21(23,24)25)31(19)28-17/h4-10H,11H2,1-3H3. The van der Waals surface area contributed by atoms with Gasteiger partial charge in [0.25, 0.3) is 5.91 Å². The summed E-state index contributed by atoms with van der Waals surface area (Å²) in [5.41, 5.74) is 0.550. The highest BCUT2D eigenvalue weighted by molar-refractivity contribution is 5.93. The van der Waals surface area contributed by atoms with Crippen molar-refractivity contribution in [3.63, 3.8) is 0 Å². The fourth-order valence-electron chi connectivity index (χ4n) is 3.27. The van der Waals surface area contributed by atoms with E-state index >= 15 is 0 Å². The van der Waals surface area contributed by atoms with E-state index in [-0.39, 0.29) is 23.6 Å². The maximum Gasteiger partial charge on any atom is 0.433 e. The number of aromatic nitrogens is 5. The van der Waals surface area contributed by atoms with Gasteiger partial charge in [0.15, 0.2) is 17.0 Å². The minimum Gasteiger partial charge on any atom is -0.336 e. The van der Waals surface area contributed by atoms with E-state index in [1.807, 2.05) is 6.92 Å². The van der Waals surface area contributed by atoms with Crippen LogP contribution < -0.4 is 0 Å². The van der Waals surface area contributed by atoms with Gasteiger partial charge in [0.05, 0.1) is 11.9 Å². The Morgan fingerprint density at radius 1 is 1.16 bits per heavy atom. The van der Waals surface area contributed by atoms with Gasteiger partial charge in [-0.2, -0.15) is 23.4 Å². The monoisotopic (exact) mass is 446 g/mol. The van der Waals surface area contributed by atoms with Crippen molar-refractivity contribution < 1.29 is 22.4 Å². The SMILES string of the molecule is Cc1c(CN(C)C(=O)c2cc3nc(-c4ccc(F)cc4)cc(C(F)(F)F)n3n2)cnn1C. The predicted molar refractivity (Wildman–Crippen MR) is 107 cm³/mol. The number of aryl methyl sites for hydroxylation is 1. The van der Waals surface area contributed by atoms with Crippen molar-refractivity contribution in [2.24, 2.45) is 7.05 Å². The number of hydrogen-bond donors (Lipinski definition) is 0. The molecule has 4 aromatic rings. The van der Waals surface area contributed by atoms with Gasteiger partial charge in [-0.15, -0.1) is 0 Å². The third kappa shape index (κ3) is 3.93. The molecule has 3 heterocycles. The lowest BCUT2D eigenvalue weighted by Crippen LogP contribution is -2.27. The van der Waals surface area contributed by atoms with Gasteiger partial charge in [-0.05, 0) is 37.3 Å². The average molecular weight is 446 g/mol. The fraction of sp³-hybridized carbons (Fsp3) is 0.238. The van der Waals surface area contributed by atoms with Crippen LogP contribution in [0.2, 0.25) is 0 Å². The Morgan fingerprint density at radius 2 is 1.84 bits per heavy atom. The molecule has 0 bridgehead atoms. The summed E-state index contributed by atoms with van der Waals surface area (Å²) in [5, 5.41) is 8.00. The molecule has 0 spiro atoms. The van der Waals surface area contributed by atoms with Crippen LogP contribution in [0.15, 0.2) is 42.6 Å². The molecule has 7 nitrogen and oxygen atoms in total. The summed E-state index contributed by atoms with van der Waals surface area (Å²) in [6, 6.07) is 6.97. The van der Waals surface area contributed by atoms with E-state index in [9.17, 15) is 22.4 Å². The van der Waals surface area contributed by atoms with Gasteiger partial charge in [-0.25, -0.2) is 13.9 Å². The maximum atomic E-state index is 13.7. The number of amides is 1. The molecule has 1 aromatic carbocycles. The van der Waals surface area contributed by atoms with Crippen LogP contribution in [0.4, 0.5) is 17.6 Å². The molecule has 166 valence electrons. The van der Waals surface area contributed by atoms with Crippen molar-refractivity contribution in [1.82, 2.24) is 29.3 Å². The van der Waals surface area contributed by atoms with E-state index in [0.717, 1.165) is 29.5 Å². The van der Waals surface area contributed by atoms with Crippen molar-refractivity contribution >= 4 is 11.6 Å². The molecule has 0 N–H and O–H groups in total. The highest BCUT2D eigenvalue weighted by atomic mass is 19.4. The second-order valence-corrected chi connectivity index (χ2v) is 7.37. The molecule has 1 amide bonds.